The maximum Gasteiger partial charge on any atom is 0.149 e. The highest BCUT2D eigenvalue weighted by atomic mass is 16.5. The fraction of sp³-hybridized carbons (Fsp3) is 0. The molecule has 0 fully saturated rings. The Bertz CT molecular complexity index is 413. The Morgan fingerprint density at radius 1 is 1.00 bits per heavy atom. The molecule has 0 aliphatic heterocycles. The molecule has 2 N–H and O–H groups in total. The summed E-state index contributed by atoms with van der Waals surface area (Å²) >= 11 is 0. The molecule has 0 spiro atoms. The lowest BCUT2D eigenvalue weighted by atomic mass is 10.4. The summed E-state index contributed by atoms with van der Waals surface area (Å²) in [5, 5.41) is 19.8. The second kappa shape index (κ2) is 3.74. The number of hydrogen-bond acceptors (Lipinski definition) is 5. The van der Waals surface area contributed by atoms with Crippen LogP contribution in [0.3, 0.4) is 0 Å². The van der Waals surface area contributed by atoms with E-state index in [4.69, 9.17) is 4.74 Å². The van der Waals surface area contributed by atoms with Crippen LogP contribution in [0.5, 0.6) is 0 Å². The first-order valence-electron chi connectivity index (χ1n) is 4.05. The minimum Gasteiger partial charge on any atom is -0.454 e. The fourth-order valence-corrected chi connectivity index (χ4v) is 0.925. The molecule has 0 unspecified atom stereocenters. The van der Waals surface area contributed by atoms with Gasteiger partial charge in [-0.1, -0.05) is 13.2 Å². The van der Waals surface area contributed by atoms with Crippen LogP contribution in [0, 0.1) is 0 Å². The predicted octanol–water partition coefficient (Wildman–Crippen LogP) is 0.581. The van der Waals surface area contributed by atoms with Crippen molar-refractivity contribution in [1.29, 1.82) is 0 Å². The maximum absolute atomic E-state index is 5.31. The first-order chi connectivity index (χ1) is 7.27. The largest absolute Gasteiger partial charge is 0.454 e. The molecule has 0 radical (unpaired) electrons. The minimum atomic E-state index is 0.344. The van der Waals surface area contributed by atoms with Gasteiger partial charge in [-0.05, 0) is 0 Å². The molecule has 0 aromatic carbocycles. The summed E-state index contributed by atoms with van der Waals surface area (Å²) in [6, 6.07) is 0. The Morgan fingerprint density at radius 2 is 1.47 bits per heavy atom. The molecule has 0 atom stereocenters. The molecular formula is C8H8N6O. The topological polar surface area (TPSA) is 92.4 Å². The van der Waals surface area contributed by atoms with Gasteiger partial charge in [-0.3, -0.25) is 0 Å². The van der Waals surface area contributed by atoms with E-state index in [0.717, 1.165) is 0 Å². The number of nitrogens with one attached hydrogen (secondary N) is 2. The molecule has 0 aliphatic rings. The average molecular weight is 204 g/mol. The Morgan fingerprint density at radius 3 is 1.80 bits per heavy atom. The first-order valence-corrected chi connectivity index (χ1v) is 4.05. The number of nitrogens with zero attached hydrogens (tertiary/aromatic N) is 4. The summed E-state index contributed by atoms with van der Waals surface area (Å²) in [6.45, 7) is 7.37. The number of H-pyrrole nitrogens is 2. The number of aromatic amines is 2. The lowest BCUT2D eigenvalue weighted by molar-refractivity contribution is 0.468. The zero-order chi connectivity index (χ0) is 10.7. The van der Waals surface area contributed by atoms with Crippen molar-refractivity contribution in [2.45, 2.75) is 0 Å². The molecule has 15 heavy (non-hydrogen) atoms. The molecule has 2 aromatic heterocycles. The zero-order valence-corrected chi connectivity index (χ0v) is 7.77. The summed E-state index contributed by atoms with van der Waals surface area (Å²) in [5.74, 6) is 0.688. The molecule has 2 rings (SSSR count). The Kier molecular flexibility index (Phi) is 2.28. The van der Waals surface area contributed by atoms with Crippen molar-refractivity contribution in [2.75, 3.05) is 0 Å². The van der Waals surface area contributed by atoms with Gasteiger partial charge >= 0.3 is 0 Å². The predicted molar refractivity (Wildman–Crippen MR) is 51.9 cm³/mol. The maximum atomic E-state index is 5.31. The second-order valence-electron chi connectivity index (χ2n) is 2.66. The second-order valence-corrected chi connectivity index (χ2v) is 2.66. The Balaban J connectivity index is 2.04. The van der Waals surface area contributed by atoms with Crippen molar-refractivity contribution >= 4 is 11.5 Å². The average Bonchev–Trinajstić information content (AvgIpc) is 2.91. The summed E-state index contributed by atoms with van der Waals surface area (Å²) in [4.78, 5) is 0. The number of hydrogen-bond donors (Lipinski definition) is 2. The molecule has 7 heteroatoms. The van der Waals surface area contributed by atoms with Gasteiger partial charge in [0.2, 0.25) is 0 Å². The molecular weight excluding hydrogens is 196 g/mol. The summed E-state index contributed by atoms with van der Waals surface area (Å²) in [7, 11) is 0. The van der Waals surface area contributed by atoms with E-state index in [0.29, 0.717) is 22.9 Å². The molecule has 2 heterocycles. The molecule has 2 aromatic rings. The van der Waals surface area contributed by atoms with Gasteiger partial charge in [-0.2, -0.15) is 30.8 Å². The van der Waals surface area contributed by atoms with Crippen molar-refractivity contribution in [3.05, 3.63) is 36.9 Å². The van der Waals surface area contributed by atoms with Crippen molar-refractivity contribution in [3.8, 4) is 0 Å². The first kappa shape index (κ1) is 9.13. The Hall–Kier alpha value is -2.44. The van der Waals surface area contributed by atoms with Crippen LogP contribution in [0.1, 0.15) is 11.4 Å². The van der Waals surface area contributed by atoms with Crippen molar-refractivity contribution in [2.24, 2.45) is 0 Å². The third-order valence-electron chi connectivity index (χ3n) is 1.65. The molecule has 0 saturated heterocycles. The fourth-order valence-electron chi connectivity index (χ4n) is 0.925. The summed E-state index contributed by atoms with van der Waals surface area (Å²) in [6.07, 6.45) is 3.00. The van der Waals surface area contributed by atoms with E-state index in [1.54, 1.807) is 0 Å². The van der Waals surface area contributed by atoms with Crippen LogP contribution < -0.4 is 0 Å². The lowest BCUT2D eigenvalue weighted by Crippen LogP contribution is -1.92. The van der Waals surface area contributed by atoms with E-state index in [2.05, 4.69) is 44.0 Å². The minimum absolute atomic E-state index is 0.344. The Labute approximate surface area is 84.9 Å². The molecule has 76 valence electrons. The van der Waals surface area contributed by atoms with Crippen molar-refractivity contribution in [3.63, 3.8) is 0 Å². The van der Waals surface area contributed by atoms with E-state index in [-0.39, 0.29) is 0 Å². The van der Waals surface area contributed by atoms with E-state index < -0.39 is 0 Å². The summed E-state index contributed by atoms with van der Waals surface area (Å²) in [5.41, 5.74) is 1.03. The highest BCUT2D eigenvalue weighted by molar-refractivity contribution is 5.63. The van der Waals surface area contributed by atoms with Gasteiger partial charge in [0, 0.05) is 0 Å². The van der Waals surface area contributed by atoms with Gasteiger partial charge < -0.3 is 4.74 Å². The molecule has 7 nitrogen and oxygen atoms in total. The van der Waals surface area contributed by atoms with E-state index in [1.807, 2.05) is 0 Å². The van der Waals surface area contributed by atoms with Crippen molar-refractivity contribution < 1.29 is 4.74 Å². The number of ether oxygens (including phenoxy) is 1. The molecule has 0 aliphatic carbocycles. The van der Waals surface area contributed by atoms with Gasteiger partial charge in [-0.25, -0.2) is 0 Å². The smallest absolute Gasteiger partial charge is 0.149 e. The molecule has 0 saturated carbocycles. The van der Waals surface area contributed by atoms with E-state index in [1.165, 1.54) is 12.4 Å². The number of aromatic nitrogens is 6. The van der Waals surface area contributed by atoms with Crippen LogP contribution in [-0.4, -0.2) is 30.8 Å². The van der Waals surface area contributed by atoms with Gasteiger partial charge in [0.1, 0.15) is 22.9 Å². The van der Waals surface area contributed by atoms with Crippen LogP contribution >= 0.6 is 0 Å². The molecule has 0 amide bonds. The monoisotopic (exact) mass is 204 g/mol. The van der Waals surface area contributed by atoms with Crippen LogP contribution in [0.2, 0.25) is 0 Å². The quantitative estimate of drug-likeness (QED) is 0.710. The van der Waals surface area contributed by atoms with Gasteiger partial charge in [-0.15, -0.1) is 0 Å². The van der Waals surface area contributed by atoms with Gasteiger partial charge in [0.25, 0.3) is 0 Å². The third kappa shape index (κ3) is 1.90. The zero-order valence-electron chi connectivity index (χ0n) is 7.77. The van der Waals surface area contributed by atoms with Crippen LogP contribution in [0.4, 0.5) is 0 Å². The standard InChI is InChI=1S/C8H8N6O/c1-5(7-3-9-13-11-7)15-6(2)8-4-10-14-12-8/h3-4H,1-2H2,(H,9,11,13)(H,10,12,14). The van der Waals surface area contributed by atoms with Crippen LogP contribution in [0.15, 0.2) is 25.6 Å². The van der Waals surface area contributed by atoms with Crippen LogP contribution in [-0.2, 0) is 4.74 Å². The van der Waals surface area contributed by atoms with Gasteiger partial charge in [0.15, 0.2) is 0 Å². The normalized spacial score (nSPS) is 9.87. The highest BCUT2D eigenvalue weighted by Crippen LogP contribution is 2.18. The molecule has 0 bridgehead atoms. The third-order valence-corrected chi connectivity index (χ3v) is 1.65. The SMILES string of the molecule is C=C(OC(=C)c1cn[nH]n1)c1cn[nH]n1. The van der Waals surface area contributed by atoms with E-state index >= 15 is 0 Å². The van der Waals surface area contributed by atoms with E-state index in [9.17, 15) is 0 Å². The highest BCUT2D eigenvalue weighted by Gasteiger charge is 2.08. The number of rotatable bonds is 4. The summed E-state index contributed by atoms with van der Waals surface area (Å²) < 4.78 is 5.31. The van der Waals surface area contributed by atoms with Crippen LogP contribution in [0.25, 0.3) is 11.5 Å². The van der Waals surface area contributed by atoms with Crippen molar-refractivity contribution in [1.82, 2.24) is 30.8 Å². The van der Waals surface area contributed by atoms with Gasteiger partial charge in [0.05, 0.1) is 12.4 Å². The lowest BCUT2D eigenvalue weighted by Gasteiger charge is -2.05.